The van der Waals surface area contributed by atoms with Gasteiger partial charge in [0.2, 0.25) is 0 Å². The molecule has 1 aliphatic carbocycles. The van der Waals surface area contributed by atoms with E-state index >= 15 is 0 Å². The number of rotatable bonds is 11. The van der Waals surface area contributed by atoms with Crippen LogP contribution >= 0.6 is 0 Å². The highest BCUT2D eigenvalue weighted by molar-refractivity contribution is 5.95. The first-order valence-electron chi connectivity index (χ1n) is 7.78. The average molecular weight is 310 g/mol. The van der Waals surface area contributed by atoms with Crippen LogP contribution in [0.3, 0.4) is 0 Å². The number of hydrogen-bond acceptors (Lipinski definition) is 5. The fourth-order valence-electron chi connectivity index (χ4n) is 2.31. The maximum Gasteiger partial charge on any atom is 0.306 e. The Bertz CT molecular complexity index is 400. The zero-order chi connectivity index (χ0) is 16.2. The van der Waals surface area contributed by atoms with Crippen molar-refractivity contribution in [2.45, 2.75) is 26.2 Å². The topological polar surface area (TPSA) is 61.8 Å². The molecule has 124 valence electrons. The minimum atomic E-state index is -0.288. The molecule has 0 bridgehead atoms. The third-order valence-electron chi connectivity index (χ3n) is 3.51. The Morgan fingerprint density at radius 1 is 1.23 bits per heavy atom. The molecule has 0 amide bonds. The summed E-state index contributed by atoms with van der Waals surface area (Å²) in [6.45, 7) is 3.65. The van der Waals surface area contributed by atoms with Gasteiger partial charge in [0, 0.05) is 13.0 Å². The van der Waals surface area contributed by atoms with Crippen molar-refractivity contribution in [3.05, 3.63) is 24.3 Å². The number of ether oxygens (including phenoxy) is 3. The van der Waals surface area contributed by atoms with Crippen LogP contribution in [-0.2, 0) is 23.8 Å². The van der Waals surface area contributed by atoms with Crippen LogP contribution in [0.25, 0.3) is 0 Å². The molecule has 0 heterocycles. The number of esters is 1. The van der Waals surface area contributed by atoms with E-state index in [0.717, 1.165) is 6.42 Å². The highest BCUT2D eigenvalue weighted by atomic mass is 16.6. The molecule has 0 fully saturated rings. The van der Waals surface area contributed by atoms with Crippen molar-refractivity contribution in [3.63, 3.8) is 0 Å². The normalized spacial score (nSPS) is 20.9. The van der Waals surface area contributed by atoms with Gasteiger partial charge in [0.25, 0.3) is 0 Å². The van der Waals surface area contributed by atoms with Crippen molar-refractivity contribution in [3.8, 4) is 0 Å². The zero-order valence-electron chi connectivity index (χ0n) is 13.5. The average Bonchev–Trinajstić information content (AvgIpc) is 2.84. The molecule has 0 aliphatic heterocycles. The lowest BCUT2D eigenvalue weighted by Crippen LogP contribution is -2.20. The summed E-state index contributed by atoms with van der Waals surface area (Å²) in [7, 11) is 1.60. The number of allylic oxidation sites excluding steroid dienone is 4. The molecule has 0 aromatic rings. The summed E-state index contributed by atoms with van der Waals surface area (Å²) in [5.74, 6) is -0.380. The van der Waals surface area contributed by atoms with Crippen molar-refractivity contribution in [2.24, 2.45) is 11.8 Å². The maximum absolute atomic E-state index is 11.8. The van der Waals surface area contributed by atoms with Gasteiger partial charge in [0.15, 0.2) is 5.78 Å². The fourth-order valence-corrected chi connectivity index (χ4v) is 2.31. The number of methoxy groups -OCH3 is 1. The Morgan fingerprint density at radius 2 is 2.00 bits per heavy atom. The van der Waals surface area contributed by atoms with Crippen LogP contribution in [0.5, 0.6) is 0 Å². The Hall–Kier alpha value is -1.46. The van der Waals surface area contributed by atoms with Crippen LogP contribution in [0.2, 0.25) is 0 Å². The summed E-state index contributed by atoms with van der Waals surface area (Å²) < 4.78 is 15.2. The van der Waals surface area contributed by atoms with Crippen LogP contribution in [0.15, 0.2) is 24.3 Å². The molecule has 0 aromatic carbocycles. The van der Waals surface area contributed by atoms with Crippen molar-refractivity contribution in [2.75, 3.05) is 33.5 Å². The Labute approximate surface area is 132 Å². The standard InChI is InChI=1S/C17H26O5/c1-3-4-5-6-15-14(7-8-16(15)18)13-17(19)22-12-11-21-10-9-20-2/h4-5,7-8,14-15H,3,6,9-13H2,1-2H3/b5-4-/t14-,15+/m0/s1. The molecule has 5 nitrogen and oxygen atoms in total. The summed E-state index contributed by atoms with van der Waals surface area (Å²) in [5, 5.41) is 0. The van der Waals surface area contributed by atoms with Gasteiger partial charge in [0.1, 0.15) is 6.61 Å². The van der Waals surface area contributed by atoms with Gasteiger partial charge in [-0.15, -0.1) is 0 Å². The smallest absolute Gasteiger partial charge is 0.306 e. The molecule has 1 aliphatic rings. The third kappa shape index (κ3) is 7.00. The molecule has 5 heteroatoms. The Balaban J connectivity index is 2.25. The monoisotopic (exact) mass is 310 g/mol. The Morgan fingerprint density at radius 3 is 2.73 bits per heavy atom. The molecule has 2 atom stereocenters. The molecule has 22 heavy (non-hydrogen) atoms. The molecular weight excluding hydrogens is 284 g/mol. The second kappa shape index (κ2) is 11.2. The van der Waals surface area contributed by atoms with Crippen molar-refractivity contribution >= 4 is 11.8 Å². The van der Waals surface area contributed by atoms with Crippen LogP contribution in [0, 0.1) is 11.8 Å². The first kappa shape index (κ1) is 18.6. The van der Waals surface area contributed by atoms with Gasteiger partial charge in [-0.05, 0) is 24.8 Å². The molecule has 0 unspecified atom stereocenters. The minimum Gasteiger partial charge on any atom is -0.463 e. The Kier molecular flexibility index (Phi) is 9.42. The van der Waals surface area contributed by atoms with E-state index in [2.05, 4.69) is 6.92 Å². The summed E-state index contributed by atoms with van der Waals surface area (Å²) >= 11 is 0. The molecular formula is C17H26O5. The van der Waals surface area contributed by atoms with E-state index in [0.29, 0.717) is 26.2 Å². The van der Waals surface area contributed by atoms with Crippen LogP contribution in [0.4, 0.5) is 0 Å². The molecule has 0 saturated carbocycles. The van der Waals surface area contributed by atoms with Gasteiger partial charge in [-0.3, -0.25) is 9.59 Å². The van der Waals surface area contributed by atoms with E-state index in [-0.39, 0.29) is 36.6 Å². The van der Waals surface area contributed by atoms with Crippen molar-refractivity contribution in [1.82, 2.24) is 0 Å². The summed E-state index contributed by atoms with van der Waals surface area (Å²) in [6, 6.07) is 0. The first-order valence-corrected chi connectivity index (χ1v) is 7.78. The van der Waals surface area contributed by atoms with Gasteiger partial charge in [0.05, 0.1) is 26.2 Å². The lowest BCUT2D eigenvalue weighted by atomic mass is 9.89. The predicted molar refractivity (Wildman–Crippen MR) is 83.4 cm³/mol. The van der Waals surface area contributed by atoms with E-state index in [1.165, 1.54) is 0 Å². The van der Waals surface area contributed by atoms with Crippen LogP contribution in [-0.4, -0.2) is 45.3 Å². The van der Waals surface area contributed by atoms with Crippen LogP contribution in [0.1, 0.15) is 26.2 Å². The highest BCUT2D eigenvalue weighted by Gasteiger charge is 2.30. The lowest BCUT2D eigenvalue weighted by molar-refractivity contribution is -0.146. The number of hydrogen-bond donors (Lipinski definition) is 0. The quantitative estimate of drug-likeness (QED) is 0.333. The van der Waals surface area contributed by atoms with Crippen molar-refractivity contribution < 1.29 is 23.8 Å². The van der Waals surface area contributed by atoms with Crippen LogP contribution < -0.4 is 0 Å². The fraction of sp³-hybridized carbons (Fsp3) is 0.647. The largest absolute Gasteiger partial charge is 0.463 e. The highest BCUT2D eigenvalue weighted by Crippen LogP contribution is 2.29. The molecule has 0 spiro atoms. The molecule has 0 N–H and O–H groups in total. The van der Waals surface area contributed by atoms with E-state index < -0.39 is 0 Å². The first-order chi connectivity index (χ1) is 10.7. The third-order valence-corrected chi connectivity index (χ3v) is 3.51. The maximum atomic E-state index is 11.8. The van der Waals surface area contributed by atoms with Gasteiger partial charge in [-0.1, -0.05) is 25.2 Å². The zero-order valence-corrected chi connectivity index (χ0v) is 13.5. The predicted octanol–water partition coefficient (Wildman–Crippen LogP) is 2.31. The molecule has 0 saturated heterocycles. The van der Waals surface area contributed by atoms with Crippen molar-refractivity contribution in [1.29, 1.82) is 0 Å². The van der Waals surface area contributed by atoms with Gasteiger partial charge in [-0.2, -0.15) is 0 Å². The second-order valence-electron chi connectivity index (χ2n) is 5.18. The van der Waals surface area contributed by atoms with E-state index in [9.17, 15) is 9.59 Å². The second-order valence-corrected chi connectivity index (χ2v) is 5.18. The number of ketones is 1. The summed E-state index contributed by atoms with van der Waals surface area (Å²) in [5.41, 5.74) is 0. The SMILES string of the molecule is CC/C=C\C[C@H]1C(=O)C=C[C@H]1CC(=O)OCCOCCOC. The number of carbonyl (C=O) groups excluding carboxylic acids is 2. The summed E-state index contributed by atoms with van der Waals surface area (Å²) in [6.07, 6.45) is 9.32. The van der Waals surface area contributed by atoms with Gasteiger partial charge >= 0.3 is 5.97 Å². The van der Waals surface area contributed by atoms with Gasteiger partial charge < -0.3 is 14.2 Å². The number of carbonyl (C=O) groups is 2. The minimum absolute atomic E-state index is 0.0593. The van der Waals surface area contributed by atoms with E-state index in [1.807, 2.05) is 18.2 Å². The molecule has 0 aromatic heterocycles. The van der Waals surface area contributed by atoms with E-state index in [4.69, 9.17) is 14.2 Å². The molecule has 0 radical (unpaired) electrons. The molecule has 1 rings (SSSR count). The van der Waals surface area contributed by atoms with Gasteiger partial charge in [-0.25, -0.2) is 0 Å². The van der Waals surface area contributed by atoms with E-state index in [1.54, 1.807) is 13.2 Å². The lowest BCUT2D eigenvalue weighted by Gasteiger charge is -2.16. The summed E-state index contributed by atoms with van der Waals surface area (Å²) in [4.78, 5) is 23.6.